The molecule has 0 atom stereocenters. The highest BCUT2D eigenvalue weighted by atomic mass is 19.4. The van der Waals surface area contributed by atoms with Crippen LogP contribution >= 0.6 is 0 Å². The van der Waals surface area contributed by atoms with Gasteiger partial charge in [-0.05, 0) is 24.6 Å². The highest BCUT2D eigenvalue weighted by Crippen LogP contribution is 2.24. The van der Waals surface area contributed by atoms with Gasteiger partial charge in [0.1, 0.15) is 11.8 Å². The molecule has 0 aliphatic rings. The Morgan fingerprint density at radius 3 is 2.73 bits per heavy atom. The summed E-state index contributed by atoms with van der Waals surface area (Å²) in [6.07, 6.45) is -2.71. The minimum absolute atomic E-state index is 0.0874. The Labute approximate surface area is 126 Å². The zero-order valence-corrected chi connectivity index (χ0v) is 12.0. The normalized spacial score (nSPS) is 10.7. The van der Waals surface area contributed by atoms with Crippen LogP contribution in [0.15, 0.2) is 18.2 Å². The molecule has 0 fully saturated rings. The van der Waals surface area contributed by atoms with Gasteiger partial charge in [0.05, 0.1) is 5.56 Å². The van der Waals surface area contributed by atoms with Crippen molar-refractivity contribution in [2.75, 3.05) is 18.5 Å². The lowest BCUT2D eigenvalue weighted by molar-refractivity contribution is -0.153. The zero-order chi connectivity index (χ0) is 16.6. The number of alkyl halides is 3. The fourth-order valence-electron chi connectivity index (χ4n) is 1.53. The molecule has 5 nitrogen and oxygen atoms in total. The van der Waals surface area contributed by atoms with Crippen molar-refractivity contribution in [1.29, 1.82) is 5.26 Å². The van der Waals surface area contributed by atoms with E-state index >= 15 is 0 Å². The standard InChI is InChI=1S/C14H16F3N3O2/c1-2-3-6-19-13(21)20-11-4-5-12(10(7-11)8-18)22-9-14(15,16)17/h4-5,7H,2-3,6,9H2,1H3,(H2,19,20,21). The molecule has 0 heterocycles. The number of amides is 2. The molecule has 0 spiro atoms. The van der Waals surface area contributed by atoms with Gasteiger partial charge >= 0.3 is 12.2 Å². The van der Waals surface area contributed by atoms with E-state index in [-0.39, 0.29) is 11.3 Å². The van der Waals surface area contributed by atoms with E-state index in [0.717, 1.165) is 12.8 Å². The fraction of sp³-hybridized carbons (Fsp3) is 0.429. The lowest BCUT2D eigenvalue weighted by Gasteiger charge is -2.12. The Hall–Kier alpha value is -2.43. The largest absolute Gasteiger partial charge is 0.483 e. The summed E-state index contributed by atoms with van der Waals surface area (Å²) in [6.45, 7) is 1.02. The smallest absolute Gasteiger partial charge is 0.422 e. The maximum atomic E-state index is 12.1. The molecular formula is C14H16F3N3O2. The predicted octanol–water partition coefficient (Wildman–Crippen LogP) is 3.42. The van der Waals surface area contributed by atoms with Gasteiger partial charge < -0.3 is 15.4 Å². The van der Waals surface area contributed by atoms with E-state index in [4.69, 9.17) is 5.26 Å². The number of anilines is 1. The number of rotatable bonds is 6. The predicted molar refractivity (Wildman–Crippen MR) is 74.6 cm³/mol. The van der Waals surface area contributed by atoms with Crippen LogP contribution in [0.3, 0.4) is 0 Å². The summed E-state index contributed by atoms with van der Waals surface area (Å²) in [5.41, 5.74) is 0.209. The number of unbranched alkanes of at least 4 members (excludes halogenated alkanes) is 1. The van der Waals surface area contributed by atoms with Crippen LogP contribution in [-0.4, -0.2) is 25.4 Å². The quantitative estimate of drug-likeness (QED) is 0.790. The van der Waals surface area contributed by atoms with Crippen LogP contribution in [0.5, 0.6) is 5.75 Å². The Morgan fingerprint density at radius 1 is 1.41 bits per heavy atom. The van der Waals surface area contributed by atoms with E-state index < -0.39 is 18.8 Å². The Morgan fingerprint density at radius 2 is 2.14 bits per heavy atom. The SMILES string of the molecule is CCCCNC(=O)Nc1ccc(OCC(F)(F)F)c(C#N)c1. The summed E-state index contributed by atoms with van der Waals surface area (Å²) in [5.74, 6) is -0.184. The van der Waals surface area contributed by atoms with E-state index in [2.05, 4.69) is 15.4 Å². The number of carbonyl (C=O) groups excluding carboxylic acids is 1. The summed E-state index contributed by atoms with van der Waals surface area (Å²) < 4.78 is 40.9. The number of nitriles is 1. The van der Waals surface area contributed by atoms with Crippen molar-refractivity contribution >= 4 is 11.7 Å². The van der Waals surface area contributed by atoms with Crippen molar-refractivity contribution in [2.45, 2.75) is 25.9 Å². The second-order valence-electron chi connectivity index (χ2n) is 4.46. The van der Waals surface area contributed by atoms with Crippen LogP contribution in [0.1, 0.15) is 25.3 Å². The third-order valence-corrected chi connectivity index (χ3v) is 2.57. The highest BCUT2D eigenvalue weighted by Gasteiger charge is 2.28. The minimum Gasteiger partial charge on any atom is -0.483 e. The topological polar surface area (TPSA) is 74.2 Å². The lowest BCUT2D eigenvalue weighted by Crippen LogP contribution is -2.29. The van der Waals surface area contributed by atoms with Gasteiger partial charge in [0.15, 0.2) is 6.61 Å². The number of hydrogen-bond donors (Lipinski definition) is 2. The molecule has 8 heteroatoms. The van der Waals surface area contributed by atoms with Crippen LogP contribution in [0.25, 0.3) is 0 Å². The van der Waals surface area contributed by atoms with Gasteiger partial charge in [-0.2, -0.15) is 18.4 Å². The van der Waals surface area contributed by atoms with E-state index in [1.807, 2.05) is 6.92 Å². The number of benzene rings is 1. The molecule has 0 aromatic heterocycles. The number of nitrogens with zero attached hydrogens (tertiary/aromatic N) is 1. The third-order valence-electron chi connectivity index (χ3n) is 2.57. The monoisotopic (exact) mass is 315 g/mol. The number of carbonyl (C=O) groups is 1. The molecule has 0 saturated carbocycles. The molecule has 0 saturated heterocycles. The molecule has 0 radical (unpaired) electrons. The van der Waals surface area contributed by atoms with Crippen molar-refractivity contribution in [2.24, 2.45) is 0 Å². The average molecular weight is 315 g/mol. The molecule has 22 heavy (non-hydrogen) atoms. The van der Waals surface area contributed by atoms with Gasteiger partial charge in [0, 0.05) is 12.2 Å². The van der Waals surface area contributed by atoms with Gasteiger partial charge in [0.25, 0.3) is 0 Å². The molecule has 0 unspecified atom stereocenters. The summed E-state index contributed by atoms with van der Waals surface area (Å²) in [5, 5.41) is 14.1. The van der Waals surface area contributed by atoms with E-state index in [1.165, 1.54) is 18.2 Å². The van der Waals surface area contributed by atoms with E-state index in [9.17, 15) is 18.0 Å². The van der Waals surface area contributed by atoms with Crippen molar-refractivity contribution in [3.05, 3.63) is 23.8 Å². The summed E-state index contributed by atoms with van der Waals surface area (Å²) in [7, 11) is 0. The number of nitrogens with one attached hydrogen (secondary N) is 2. The van der Waals surface area contributed by atoms with Gasteiger partial charge in [-0.3, -0.25) is 0 Å². The minimum atomic E-state index is -4.48. The van der Waals surface area contributed by atoms with Gasteiger partial charge in [-0.15, -0.1) is 0 Å². The van der Waals surface area contributed by atoms with Crippen LogP contribution < -0.4 is 15.4 Å². The molecule has 0 aliphatic heterocycles. The van der Waals surface area contributed by atoms with Crippen LogP contribution in [-0.2, 0) is 0 Å². The highest BCUT2D eigenvalue weighted by molar-refractivity contribution is 5.89. The Kier molecular flexibility index (Phi) is 6.50. The molecular weight excluding hydrogens is 299 g/mol. The molecule has 2 N–H and O–H groups in total. The summed E-state index contributed by atoms with van der Waals surface area (Å²) >= 11 is 0. The maximum absolute atomic E-state index is 12.1. The first-order valence-corrected chi connectivity index (χ1v) is 6.64. The zero-order valence-electron chi connectivity index (χ0n) is 12.0. The first kappa shape index (κ1) is 17.6. The average Bonchev–Trinajstić information content (AvgIpc) is 2.45. The molecule has 120 valence electrons. The molecule has 1 aromatic rings. The molecule has 0 aliphatic carbocycles. The van der Waals surface area contributed by atoms with Gasteiger partial charge in [-0.25, -0.2) is 4.79 Å². The fourth-order valence-corrected chi connectivity index (χ4v) is 1.53. The maximum Gasteiger partial charge on any atom is 0.422 e. The summed E-state index contributed by atoms with van der Waals surface area (Å²) in [6, 6.07) is 5.13. The van der Waals surface area contributed by atoms with Crippen molar-refractivity contribution in [3.63, 3.8) is 0 Å². The lowest BCUT2D eigenvalue weighted by atomic mass is 10.2. The van der Waals surface area contributed by atoms with Crippen molar-refractivity contribution in [1.82, 2.24) is 5.32 Å². The third kappa shape index (κ3) is 6.35. The second-order valence-corrected chi connectivity index (χ2v) is 4.46. The van der Waals surface area contributed by atoms with E-state index in [0.29, 0.717) is 12.2 Å². The van der Waals surface area contributed by atoms with Crippen molar-refractivity contribution < 1.29 is 22.7 Å². The van der Waals surface area contributed by atoms with Crippen LogP contribution in [0.2, 0.25) is 0 Å². The van der Waals surface area contributed by atoms with E-state index in [1.54, 1.807) is 6.07 Å². The second kappa shape index (κ2) is 8.12. The molecule has 1 rings (SSSR count). The first-order valence-electron chi connectivity index (χ1n) is 6.64. The number of halogens is 3. The number of urea groups is 1. The van der Waals surface area contributed by atoms with Gasteiger partial charge in [-0.1, -0.05) is 13.3 Å². The van der Waals surface area contributed by atoms with Crippen LogP contribution in [0.4, 0.5) is 23.7 Å². The number of hydrogen-bond acceptors (Lipinski definition) is 3. The Balaban J connectivity index is 2.68. The Bertz CT molecular complexity index is 553. The van der Waals surface area contributed by atoms with Crippen molar-refractivity contribution in [3.8, 4) is 11.8 Å². The molecule has 0 bridgehead atoms. The number of ether oxygens (including phenoxy) is 1. The summed E-state index contributed by atoms with van der Waals surface area (Å²) in [4.78, 5) is 11.5. The molecule has 1 aromatic carbocycles. The molecule has 2 amide bonds. The van der Waals surface area contributed by atoms with Crippen LogP contribution in [0, 0.1) is 11.3 Å². The first-order chi connectivity index (χ1) is 10.4. The van der Waals surface area contributed by atoms with Gasteiger partial charge in [0.2, 0.25) is 0 Å².